The molecule has 1 saturated heterocycles. The van der Waals surface area contributed by atoms with Gasteiger partial charge in [-0.1, -0.05) is 46.9 Å². The molecule has 0 spiro atoms. The van der Waals surface area contributed by atoms with Crippen molar-refractivity contribution in [3.63, 3.8) is 0 Å². The van der Waals surface area contributed by atoms with E-state index in [1.807, 2.05) is 24.3 Å². The molecule has 0 radical (unpaired) electrons. The van der Waals surface area contributed by atoms with Gasteiger partial charge in [0.1, 0.15) is 11.9 Å². The Kier molecular flexibility index (Phi) is 7.20. The fourth-order valence-corrected chi connectivity index (χ4v) is 7.19. The van der Waals surface area contributed by atoms with Crippen LogP contribution < -0.4 is 13.9 Å². The highest BCUT2D eigenvalue weighted by Gasteiger charge is 2.37. The predicted octanol–water partition coefficient (Wildman–Crippen LogP) is 6.07. The zero-order valence-electron chi connectivity index (χ0n) is 19.5. The summed E-state index contributed by atoms with van der Waals surface area (Å²) >= 11 is 18.9. The number of benzene rings is 3. The van der Waals surface area contributed by atoms with E-state index in [2.05, 4.69) is 4.90 Å². The topological polar surface area (TPSA) is 87.2 Å². The maximum absolute atomic E-state index is 13.7. The van der Waals surface area contributed by atoms with Crippen LogP contribution in [-0.2, 0) is 14.8 Å². The number of carbonyl (C=O) groups is 1. The lowest BCUT2D eigenvalue weighted by Crippen LogP contribution is -2.46. The van der Waals surface area contributed by atoms with E-state index in [4.69, 9.17) is 44.6 Å². The van der Waals surface area contributed by atoms with Gasteiger partial charge in [-0.3, -0.25) is 9.10 Å². The monoisotopic (exact) mass is 580 g/mol. The maximum atomic E-state index is 13.7. The molecule has 3 aromatic rings. The minimum absolute atomic E-state index is 0.0174. The van der Waals surface area contributed by atoms with Crippen LogP contribution in [0.25, 0.3) is 0 Å². The normalized spacial score (nSPS) is 17.6. The van der Waals surface area contributed by atoms with Gasteiger partial charge < -0.3 is 14.7 Å². The molecule has 0 aliphatic carbocycles. The third kappa shape index (κ3) is 5.21. The molecule has 1 unspecified atom stereocenters. The van der Waals surface area contributed by atoms with Gasteiger partial charge in [-0.05, 0) is 60.5 Å². The molecule has 1 atom stereocenters. The largest absolute Gasteiger partial charge is 0.486 e. The summed E-state index contributed by atoms with van der Waals surface area (Å²) in [4.78, 5) is 13.3. The lowest BCUT2D eigenvalue weighted by Gasteiger charge is -2.43. The predicted molar refractivity (Wildman–Crippen MR) is 145 cm³/mol. The highest BCUT2D eigenvalue weighted by atomic mass is 35.5. The average Bonchev–Trinajstić information content (AvgIpc) is 2.83. The summed E-state index contributed by atoms with van der Waals surface area (Å²) in [7, 11) is -4.00. The van der Waals surface area contributed by atoms with Gasteiger partial charge in [0, 0.05) is 46.2 Å². The summed E-state index contributed by atoms with van der Waals surface area (Å²) in [5.41, 5.74) is 2.13. The first-order valence-corrected chi connectivity index (χ1v) is 14.2. The molecule has 2 aliphatic rings. The number of hydrogen-bond acceptors (Lipinski definition) is 5. The Labute approximate surface area is 230 Å². The standard InChI is InChI=1S/C26H23Cl3N2O5S/c27-17-3-1-4-20(11-17)37(34,35)31-15-19(8-10-25(32)33)36-24-9-7-18(12-23(24)31)30-13-16(14-30)26-21(28)5-2-6-22(26)29/h1-7,9,11-12,16,19H,8,10,13-15H2,(H,32,33). The molecule has 0 saturated carbocycles. The molecule has 0 aromatic heterocycles. The lowest BCUT2D eigenvalue weighted by atomic mass is 9.90. The number of aliphatic carboxylic acids is 1. The maximum Gasteiger partial charge on any atom is 0.303 e. The molecule has 0 bridgehead atoms. The first kappa shape index (κ1) is 26.0. The van der Waals surface area contributed by atoms with Crippen LogP contribution in [0.3, 0.4) is 0 Å². The Balaban J connectivity index is 1.46. The molecule has 11 heteroatoms. The van der Waals surface area contributed by atoms with Crippen molar-refractivity contribution in [2.75, 3.05) is 28.8 Å². The Morgan fingerprint density at radius 3 is 2.35 bits per heavy atom. The van der Waals surface area contributed by atoms with Crippen LogP contribution in [0.4, 0.5) is 11.4 Å². The number of carboxylic acids is 1. The summed E-state index contributed by atoms with van der Waals surface area (Å²) in [5.74, 6) is -0.442. The van der Waals surface area contributed by atoms with Crippen LogP contribution in [0, 0.1) is 0 Å². The van der Waals surface area contributed by atoms with Gasteiger partial charge in [-0.15, -0.1) is 0 Å². The minimum atomic E-state index is -4.00. The number of sulfonamides is 1. The van der Waals surface area contributed by atoms with E-state index in [1.165, 1.54) is 16.4 Å². The fraction of sp³-hybridized carbons (Fsp3) is 0.269. The van der Waals surface area contributed by atoms with Gasteiger partial charge in [0.2, 0.25) is 0 Å². The summed E-state index contributed by atoms with van der Waals surface area (Å²) in [6.07, 6.45) is -0.577. The van der Waals surface area contributed by atoms with Gasteiger partial charge >= 0.3 is 5.97 Å². The molecular weight excluding hydrogens is 559 g/mol. The number of nitrogens with zero attached hydrogens (tertiary/aromatic N) is 2. The van der Waals surface area contributed by atoms with Crippen LogP contribution in [0.1, 0.15) is 24.3 Å². The van der Waals surface area contributed by atoms with E-state index < -0.39 is 22.1 Å². The SMILES string of the molecule is O=C(O)CCC1CN(S(=O)(=O)c2cccc(Cl)c2)c2cc(N3CC(c4c(Cl)cccc4Cl)C3)ccc2O1. The molecule has 37 heavy (non-hydrogen) atoms. The number of hydrogen-bond donors (Lipinski definition) is 1. The fourth-order valence-electron chi connectivity index (χ4n) is 4.69. The van der Waals surface area contributed by atoms with Gasteiger partial charge in [0.15, 0.2) is 0 Å². The molecule has 2 heterocycles. The van der Waals surface area contributed by atoms with E-state index in [0.717, 1.165) is 11.3 Å². The molecule has 194 valence electrons. The number of halogens is 3. The zero-order valence-corrected chi connectivity index (χ0v) is 22.6. The first-order valence-electron chi connectivity index (χ1n) is 11.6. The van der Waals surface area contributed by atoms with Crippen molar-refractivity contribution in [2.24, 2.45) is 0 Å². The number of ether oxygens (including phenoxy) is 1. The molecule has 1 fully saturated rings. The number of anilines is 2. The first-order chi connectivity index (χ1) is 17.6. The second-order valence-electron chi connectivity index (χ2n) is 9.06. The molecule has 0 amide bonds. The van der Waals surface area contributed by atoms with Crippen molar-refractivity contribution >= 4 is 62.2 Å². The van der Waals surface area contributed by atoms with Crippen LogP contribution in [0.15, 0.2) is 65.6 Å². The summed E-state index contributed by atoms with van der Waals surface area (Å²) < 4.78 is 34.7. The highest BCUT2D eigenvalue weighted by molar-refractivity contribution is 7.92. The Bertz CT molecular complexity index is 1440. The molecular formula is C26H23Cl3N2O5S. The van der Waals surface area contributed by atoms with E-state index in [-0.39, 0.29) is 30.2 Å². The van der Waals surface area contributed by atoms with E-state index in [9.17, 15) is 13.2 Å². The quantitative estimate of drug-likeness (QED) is 0.364. The molecule has 2 aliphatic heterocycles. The van der Waals surface area contributed by atoms with Crippen molar-refractivity contribution in [2.45, 2.75) is 29.8 Å². The minimum Gasteiger partial charge on any atom is -0.486 e. The van der Waals surface area contributed by atoms with Crippen molar-refractivity contribution in [1.29, 1.82) is 0 Å². The van der Waals surface area contributed by atoms with Crippen molar-refractivity contribution in [1.82, 2.24) is 0 Å². The molecule has 3 aromatic carbocycles. The van der Waals surface area contributed by atoms with Gasteiger partial charge in [-0.2, -0.15) is 0 Å². The third-order valence-electron chi connectivity index (χ3n) is 6.59. The van der Waals surface area contributed by atoms with E-state index >= 15 is 0 Å². The highest BCUT2D eigenvalue weighted by Crippen LogP contribution is 2.44. The molecule has 7 nitrogen and oxygen atoms in total. The van der Waals surface area contributed by atoms with Gasteiger partial charge in [-0.25, -0.2) is 8.42 Å². The molecule has 1 N–H and O–H groups in total. The lowest BCUT2D eigenvalue weighted by molar-refractivity contribution is -0.137. The average molecular weight is 582 g/mol. The van der Waals surface area contributed by atoms with Gasteiger partial charge in [0.25, 0.3) is 10.0 Å². The van der Waals surface area contributed by atoms with Crippen molar-refractivity contribution < 1.29 is 23.1 Å². The number of carboxylic acid groups (broad SMARTS) is 1. The van der Waals surface area contributed by atoms with E-state index in [1.54, 1.807) is 24.3 Å². The Hall–Kier alpha value is -2.65. The zero-order chi connectivity index (χ0) is 26.3. The summed E-state index contributed by atoms with van der Waals surface area (Å²) in [5, 5.41) is 10.7. The Morgan fingerprint density at radius 1 is 0.973 bits per heavy atom. The number of rotatable bonds is 7. The van der Waals surface area contributed by atoms with E-state index in [0.29, 0.717) is 39.6 Å². The smallest absolute Gasteiger partial charge is 0.303 e. The second-order valence-corrected chi connectivity index (χ2v) is 12.2. The van der Waals surface area contributed by atoms with Crippen LogP contribution in [0.2, 0.25) is 15.1 Å². The third-order valence-corrected chi connectivity index (χ3v) is 9.26. The Morgan fingerprint density at radius 2 is 1.68 bits per heavy atom. The summed E-state index contributed by atoms with van der Waals surface area (Å²) in [6.45, 7) is 1.33. The van der Waals surface area contributed by atoms with Crippen LogP contribution in [-0.4, -0.2) is 45.2 Å². The molecule has 5 rings (SSSR count). The van der Waals surface area contributed by atoms with Crippen molar-refractivity contribution in [3.05, 3.63) is 81.3 Å². The number of fused-ring (bicyclic) bond motifs is 1. The second kappa shape index (κ2) is 10.3. The van der Waals surface area contributed by atoms with Crippen molar-refractivity contribution in [3.8, 4) is 5.75 Å². The van der Waals surface area contributed by atoms with Crippen LogP contribution >= 0.6 is 34.8 Å². The van der Waals surface area contributed by atoms with Crippen LogP contribution in [0.5, 0.6) is 5.75 Å². The summed E-state index contributed by atoms with van der Waals surface area (Å²) in [6, 6.07) is 16.9. The van der Waals surface area contributed by atoms with Gasteiger partial charge in [0.05, 0.1) is 17.1 Å².